The van der Waals surface area contributed by atoms with Gasteiger partial charge in [-0.2, -0.15) is 0 Å². The Labute approximate surface area is 316 Å². The molecular weight excluding hydrogens is 649 g/mol. The van der Waals surface area contributed by atoms with Gasteiger partial charge in [0.1, 0.15) is 0 Å². The van der Waals surface area contributed by atoms with Gasteiger partial charge in [-0.1, -0.05) is 206 Å². The van der Waals surface area contributed by atoms with E-state index in [9.17, 15) is 0 Å². The Morgan fingerprint density at radius 2 is 0.537 bits per heavy atom. The Morgan fingerprint density at radius 3 is 1.02 bits per heavy atom. The third-order valence-electron chi connectivity index (χ3n) is 10.9. The highest BCUT2D eigenvalue weighted by molar-refractivity contribution is 6.24. The predicted molar refractivity (Wildman–Crippen MR) is 232 cm³/mol. The molecule has 0 aliphatic rings. The lowest BCUT2D eigenvalue weighted by molar-refractivity contribution is 1.58. The van der Waals surface area contributed by atoms with Crippen molar-refractivity contribution in [3.63, 3.8) is 0 Å². The van der Waals surface area contributed by atoms with E-state index in [2.05, 4.69) is 218 Å². The fourth-order valence-electron chi connectivity index (χ4n) is 8.31. The summed E-state index contributed by atoms with van der Waals surface area (Å²) in [6.07, 6.45) is 0. The lowest BCUT2D eigenvalue weighted by atomic mass is 9.83. The highest BCUT2D eigenvalue weighted by atomic mass is 14.2. The van der Waals surface area contributed by atoms with E-state index < -0.39 is 0 Å². The minimum atomic E-state index is 1.20. The van der Waals surface area contributed by atoms with E-state index in [-0.39, 0.29) is 0 Å². The van der Waals surface area contributed by atoms with Gasteiger partial charge in [0.25, 0.3) is 0 Å². The van der Waals surface area contributed by atoms with E-state index in [4.69, 9.17) is 0 Å². The SMILES string of the molecule is c1ccc(-c2ccc(-c3ccc4cc5c(-c6ccccc6)c6ccccc6c(-c6ccccc6)c5cc4c3-c3ccc(-c4ccccc4)cc3)cc2)cc1. The molecule has 0 nitrogen and oxygen atoms in total. The van der Waals surface area contributed by atoms with Crippen molar-refractivity contribution in [3.8, 4) is 66.8 Å². The second-order valence-corrected chi connectivity index (χ2v) is 14.0. The molecule has 0 saturated carbocycles. The molecule has 0 spiro atoms. The summed E-state index contributed by atoms with van der Waals surface area (Å²) in [5.41, 5.74) is 14.7. The van der Waals surface area contributed by atoms with E-state index >= 15 is 0 Å². The van der Waals surface area contributed by atoms with Gasteiger partial charge in [-0.25, -0.2) is 0 Å². The molecule has 0 aromatic heterocycles. The number of fused-ring (bicyclic) bond motifs is 3. The standard InChI is InChI=1S/C54H36/c1-5-15-37(16-6-1)39-25-29-41(30-26-39)46-34-33-45-35-50-51(36-49(45)52(46)44-31-27-40(28-32-44)38-17-7-2-8-18-38)54(43-21-11-4-12-22-43)48-24-14-13-23-47(48)53(50)42-19-9-3-10-20-42/h1-36H. The number of hydrogen-bond donors (Lipinski definition) is 0. The first-order valence-corrected chi connectivity index (χ1v) is 18.7. The summed E-state index contributed by atoms with van der Waals surface area (Å²) in [6, 6.07) is 79.8. The number of rotatable bonds is 6. The van der Waals surface area contributed by atoms with Crippen molar-refractivity contribution in [1.82, 2.24) is 0 Å². The molecule has 252 valence electrons. The van der Waals surface area contributed by atoms with Crippen molar-refractivity contribution in [2.24, 2.45) is 0 Å². The van der Waals surface area contributed by atoms with E-state index in [1.54, 1.807) is 0 Å². The molecule has 0 aliphatic carbocycles. The molecule has 10 aromatic carbocycles. The summed E-state index contributed by atoms with van der Waals surface area (Å²) in [7, 11) is 0. The fourth-order valence-corrected chi connectivity index (χ4v) is 8.31. The molecule has 10 aromatic rings. The average molecular weight is 685 g/mol. The van der Waals surface area contributed by atoms with Gasteiger partial charge in [0.2, 0.25) is 0 Å². The van der Waals surface area contributed by atoms with Crippen LogP contribution in [0.5, 0.6) is 0 Å². The normalized spacial score (nSPS) is 11.3. The van der Waals surface area contributed by atoms with Crippen molar-refractivity contribution >= 4 is 32.3 Å². The van der Waals surface area contributed by atoms with Gasteiger partial charge in [0.05, 0.1) is 0 Å². The second-order valence-electron chi connectivity index (χ2n) is 14.0. The van der Waals surface area contributed by atoms with E-state index in [1.807, 2.05) is 0 Å². The average Bonchev–Trinajstić information content (AvgIpc) is 3.26. The maximum Gasteiger partial charge on any atom is -0.00261 e. The van der Waals surface area contributed by atoms with Crippen molar-refractivity contribution in [2.45, 2.75) is 0 Å². The minimum absolute atomic E-state index is 1.20. The highest BCUT2D eigenvalue weighted by Gasteiger charge is 2.20. The Morgan fingerprint density at radius 1 is 0.185 bits per heavy atom. The van der Waals surface area contributed by atoms with Gasteiger partial charge in [-0.05, 0) is 111 Å². The summed E-state index contributed by atoms with van der Waals surface area (Å²) in [5.74, 6) is 0. The monoisotopic (exact) mass is 684 g/mol. The van der Waals surface area contributed by atoms with Crippen molar-refractivity contribution in [3.05, 3.63) is 218 Å². The molecule has 0 fully saturated rings. The van der Waals surface area contributed by atoms with Crippen LogP contribution in [0.4, 0.5) is 0 Å². The van der Waals surface area contributed by atoms with Gasteiger partial charge < -0.3 is 0 Å². The summed E-state index contributed by atoms with van der Waals surface area (Å²) in [4.78, 5) is 0. The first kappa shape index (κ1) is 31.7. The zero-order valence-corrected chi connectivity index (χ0v) is 29.8. The molecule has 0 amide bonds. The largest absolute Gasteiger partial charge is 0.0622 e. The van der Waals surface area contributed by atoms with Gasteiger partial charge in [0, 0.05) is 0 Å². The van der Waals surface area contributed by atoms with Crippen LogP contribution in [0, 0.1) is 0 Å². The fraction of sp³-hybridized carbons (Fsp3) is 0. The van der Waals surface area contributed by atoms with Crippen LogP contribution in [0.1, 0.15) is 0 Å². The molecule has 0 radical (unpaired) electrons. The van der Waals surface area contributed by atoms with E-state index in [0.717, 1.165) is 0 Å². The molecule has 0 N–H and O–H groups in total. The van der Waals surface area contributed by atoms with E-state index in [1.165, 1.54) is 99.1 Å². The molecule has 0 aliphatic heterocycles. The maximum atomic E-state index is 2.48. The maximum absolute atomic E-state index is 2.48. The summed E-state index contributed by atoms with van der Waals surface area (Å²) in [6.45, 7) is 0. The minimum Gasteiger partial charge on any atom is -0.0622 e. The quantitative estimate of drug-likeness (QED) is 0.153. The van der Waals surface area contributed by atoms with Crippen LogP contribution in [0.2, 0.25) is 0 Å². The third-order valence-corrected chi connectivity index (χ3v) is 10.9. The molecule has 0 unspecified atom stereocenters. The van der Waals surface area contributed by atoms with Crippen molar-refractivity contribution in [2.75, 3.05) is 0 Å². The van der Waals surface area contributed by atoms with Gasteiger partial charge in [0.15, 0.2) is 0 Å². The molecule has 0 heteroatoms. The van der Waals surface area contributed by atoms with Gasteiger partial charge in [-0.3, -0.25) is 0 Å². The Hall–Kier alpha value is -7.02. The Kier molecular flexibility index (Phi) is 7.93. The second kappa shape index (κ2) is 13.5. The molecule has 10 rings (SSSR count). The lowest BCUT2D eigenvalue weighted by Crippen LogP contribution is -1.93. The highest BCUT2D eigenvalue weighted by Crippen LogP contribution is 2.47. The first-order chi connectivity index (χ1) is 26.8. The molecular formula is C54H36. The van der Waals surface area contributed by atoms with Crippen LogP contribution >= 0.6 is 0 Å². The number of benzene rings is 10. The van der Waals surface area contributed by atoms with Crippen LogP contribution < -0.4 is 0 Å². The van der Waals surface area contributed by atoms with Crippen LogP contribution in [0.15, 0.2) is 218 Å². The topological polar surface area (TPSA) is 0 Å². The van der Waals surface area contributed by atoms with Gasteiger partial charge >= 0.3 is 0 Å². The zero-order valence-electron chi connectivity index (χ0n) is 29.8. The van der Waals surface area contributed by atoms with Crippen molar-refractivity contribution in [1.29, 1.82) is 0 Å². The van der Waals surface area contributed by atoms with E-state index in [0.29, 0.717) is 0 Å². The van der Waals surface area contributed by atoms with Crippen LogP contribution in [0.3, 0.4) is 0 Å². The first-order valence-electron chi connectivity index (χ1n) is 18.7. The van der Waals surface area contributed by atoms with Gasteiger partial charge in [-0.15, -0.1) is 0 Å². The summed E-state index contributed by atoms with van der Waals surface area (Å²) >= 11 is 0. The molecule has 0 atom stereocenters. The molecule has 0 heterocycles. The summed E-state index contributed by atoms with van der Waals surface area (Å²) in [5, 5.41) is 7.51. The van der Waals surface area contributed by atoms with Crippen LogP contribution in [-0.2, 0) is 0 Å². The smallest absolute Gasteiger partial charge is 0.00261 e. The van der Waals surface area contributed by atoms with Crippen LogP contribution in [-0.4, -0.2) is 0 Å². The summed E-state index contributed by atoms with van der Waals surface area (Å²) < 4.78 is 0. The van der Waals surface area contributed by atoms with Crippen molar-refractivity contribution < 1.29 is 0 Å². The number of hydrogen-bond acceptors (Lipinski definition) is 0. The molecule has 54 heavy (non-hydrogen) atoms. The zero-order chi connectivity index (χ0) is 35.8. The predicted octanol–water partition coefficient (Wildman–Crippen LogP) is 15.1. The lowest BCUT2D eigenvalue weighted by Gasteiger charge is -2.20. The van der Waals surface area contributed by atoms with Crippen LogP contribution in [0.25, 0.3) is 99.1 Å². The molecule has 0 saturated heterocycles. The Bertz CT molecular complexity index is 2910. The third kappa shape index (κ3) is 5.57. The Balaban J connectivity index is 1.29. The molecule has 0 bridgehead atoms.